The average molecular weight is 337 g/mol. The van der Waals surface area contributed by atoms with Crippen LogP contribution in [0.3, 0.4) is 0 Å². The molecule has 1 aliphatic rings. The highest BCUT2D eigenvalue weighted by Crippen LogP contribution is 2.49. The lowest BCUT2D eigenvalue weighted by atomic mass is 9.95. The van der Waals surface area contributed by atoms with E-state index in [4.69, 9.17) is 0 Å². The Kier molecular flexibility index (Phi) is 3.56. The maximum Gasteiger partial charge on any atom is 0.235 e. The van der Waals surface area contributed by atoms with Gasteiger partial charge in [-0.3, -0.25) is 4.79 Å². The highest BCUT2D eigenvalue weighted by Gasteiger charge is 2.51. The van der Waals surface area contributed by atoms with Gasteiger partial charge in [-0.2, -0.15) is 0 Å². The number of carbonyl (C=O) groups excluding carboxylic acids is 1. The lowest BCUT2D eigenvalue weighted by Crippen LogP contribution is -2.27. The van der Waals surface area contributed by atoms with Crippen molar-refractivity contribution in [3.63, 3.8) is 0 Å². The number of anilines is 1. The van der Waals surface area contributed by atoms with E-state index >= 15 is 0 Å². The summed E-state index contributed by atoms with van der Waals surface area (Å²) in [5, 5.41) is 14.1. The van der Waals surface area contributed by atoms with E-state index in [2.05, 4.69) is 20.8 Å². The van der Waals surface area contributed by atoms with E-state index in [-0.39, 0.29) is 11.7 Å². The first kappa shape index (κ1) is 15.4. The quantitative estimate of drug-likeness (QED) is 0.794. The van der Waals surface area contributed by atoms with E-state index in [0.717, 1.165) is 29.7 Å². The van der Waals surface area contributed by atoms with Crippen molar-refractivity contribution in [3.05, 3.63) is 65.7 Å². The Labute approximate surface area is 143 Å². The van der Waals surface area contributed by atoms with E-state index in [9.17, 15) is 9.18 Å². The first-order valence-electron chi connectivity index (χ1n) is 8.00. The molecule has 1 fully saturated rings. The number of hydrogen-bond donors (Lipinski definition) is 1. The number of tetrazole rings is 1. The van der Waals surface area contributed by atoms with Gasteiger partial charge in [-0.05, 0) is 71.7 Å². The summed E-state index contributed by atoms with van der Waals surface area (Å²) in [5.74, 6) is -0.359. The normalized spacial score (nSPS) is 15.0. The van der Waals surface area contributed by atoms with Gasteiger partial charge < -0.3 is 5.32 Å². The fourth-order valence-electron chi connectivity index (χ4n) is 3.05. The third-order valence-electron chi connectivity index (χ3n) is 4.63. The molecule has 0 atom stereocenters. The van der Waals surface area contributed by atoms with Crippen LogP contribution in [0.25, 0.3) is 5.69 Å². The summed E-state index contributed by atoms with van der Waals surface area (Å²) in [4.78, 5) is 12.8. The van der Waals surface area contributed by atoms with Gasteiger partial charge in [0.05, 0.1) is 11.1 Å². The van der Waals surface area contributed by atoms with Gasteiger partial charge in [-0.1, -0.05) is 12.1 Å². The van der Waals surface area contributed by atoms with Crippen molar-refractivity contribution in [2.75, 3.05) is 5.32 Å². The van der Waals surface area contributed by atoms with Crippen molar-refractivity contribution in [2.45, 2.75) is 25.2 Å². The minimum absolute atomic E-state index is 0.0614. The zero-order valence-corrected chi connectivity index (χ0v) is 13.6. The van der Waals surface area contributed by atoms with Gasteiger partial charge >= 0.3 is 0 Å². The van der Waals surface area contributed by atoms with Crippen LogP contribution in [-0.2, 0) is 10.2 Å². The summed E-state index contributed by atoms with van der Waals surface area (Å²) in [7, 11) is 0. The number of aromatic nitrogens is 4. The maximum atomic E-state index is 13.1. The zero-order valence-electron chi connectivity index (χ0n) is 13.6. The van der Waals surface area contributed by atoms with E-state index in [1.165, 1.54) is 18.5 Å². The predicted molar refractivity (Wildman–Crippen MR) is 89.8 cm³/mol. The molecule has 6 nitrogen and oxygen atoms in total. The molecule has 1 saturated carbocycles. The molecule has 0 aliphatic heterocycles. The Morgan fingerprint density at radius 2 is 1.96 bits per heavy atom. The third-order valence-corrected chi connectivity index (χ3v) is 4.63. The van der Waals surface area contributed by atoms with Gasteiger partial charge in [-0.15, -0.1) is 5.10 Å². The van der Waals surface area contributed by atoms with Gasteiger partial charge in [0.2, 0.25) is 5.91 Å². The average Bonchev–Trinajstić information content (AvgIpc) is 3.24. The van der Waals surface area contributed by atoms with Crippen LogP contribution in [0.1, 0.15) is 24.0 Å². The van der Waals surface area contributed by atoms with Crippen LogP contribution in [0.4, 0.5) is 10.1 Å². The Hall–Kier alpha value is -3.09. The second-order valence-electron chi connectivity index (χ2n) is 6.30. The minimum atomic E-state index is -0.546. The molecule has 1 amide bonds. The number of nitrogens with one attached hydrogen (secondary N) is 1. The van der Waals surface area contributed by atoms with Crippen LogP contribution in [0, 0.1) is 12.7 Å². The van der Waals surface area contributed by atoms with Crippen molar-refractivity contribution in [3.8, 4) is 5.69 Å². The maximum absolute atomic E-state index is 13.1. The molecular formula is C18H16FN5O. The zero-order chi connectivity index (χ0) is 17.4. The monoisotopic (exact) mass is 337 g/mol. The number of nitrogens with zero attached hydrogens (tertiary/aromatic N) is 4. The number of hydrogen-bond acceptors (Lipinski definition) is 4. The van der Waals surface area contributed by atoms with Crippen LogP contribution >= 0.6 is 0 Å². The first-order chi connectivity index (χ1) is 12.1. The van der Waals surface area contributed by atoms with Crippen LogP contribution in [0.5, 0.6) is 0 Å². The Bertz CT molecular complexity index is 917. The van der Waals surface area contributed by atoms with Crippen molar-refractivity contribution in [1.82, 2.24) is 20.2 Å². The molecule has 1 aromatic heterocycles. The van der Waals surface area contributed by atoms with Gasteiger partial charge in [0.15, 0.2) is 0 Å². The van der Waals surface area contributed by atoms with Gasteiger partial charge in [0.1, 0.15) is 12.1 Å². The number of aryl methyl sites for hydroxylation is 1. The number of benzene rings is 2. The molecule has 0 spiro atoms. The van der Waals surface area contributed by atoms with E-state index < -0.39 is 5.41 Å². The van der Waals surface area contributed by atoms with Crippen molar-refractivity contribution >= 4 is 11.6 Å². The van der Waals surface area contributed by atoms with E-state index in [1.807, 2.05) is 25.1 Å². The van der Waals surface area contributed by atoms with Crippen LogP contribution in [-0.4, -0.2) is 26.1 Å². The highest BCUT2D eigenvalue weighted by molar-refractivity contribution is 6.01. The fraction of sp³-hybridized carbons (Fsp3) is 0.222. The number of carbonyl (C=O) groups is 1. The first-order valence-corrected chi connectivity index (χ1v) is 8.00. The standard InChI is InChI=1S/C18H16FN5O/c1-12-10-15(6-7-16(12)24-11-20-22-23-24)21-17(25)18(8-9-18)13-2-4-14(19)5-3-13/h2-7,10-11H,8-9H2,1H3,(H,21,25). The van der Waals surface area contributed by atoms with Crippen LogP contribution < -0.4 is 5.32 Å². The summed E-state index contributed by atoms with van der Waals surface area (Å²) in [5.41, 5.74) is 2.82. The molecule has 0 bridgehead atoms. The van der Waals surface area contributed by atoms with Crippen molar-refractivity contribution in [2.24, 2.45) is 0 Å². The molecule has 1 N–H and O–H groups in total. The van der Waals surface area contributed by atoms with E-state index in [1.54, 1.807) is 16.8 Å². The summed E-state index contributed by atoms with van der Waals surface area (Å²) < 4.78 is 14.7. The molecule has 7 heteroatoms. The molecule has 0 radical (unpaired) electrons. The second kappa shape index (κ2) is 5.77. The Morgan fingerprint density at radius 1 is 1.20 bits per heavy atom. The number of rotatable bonds is 4. The second-order valence-corrected chi connectivity index (χ2v) is 6.30. The van der Waals surface area contributed by atoms with Crippen LogP contribution in [0.15, 0.2) is 48.8 Å². The predicted octanol–water partition coefficient (Wildman–Crippen LogP) is 2.78. The Balaban J connectivity index is 1.55. The molecule has 2 aromatic carbocycles. The molecule has 1 heterocycles. The van der Waals surface area contributed by atoms with Gasteiger partial charge in [0, 0.05) is 5.69 Å². The Morgan fingerprint density at radius 3 is 2.56 bits per heavy atom. The molecule has 4 rings (SSSR count). The van der Waals surface area contributed by atoms with E-state index in [0.29, 0.717) is 5.69 Å². The topological polar surface area (TPSA) is 72.7 Å². The highest BCUT2D eigenvalue weighted by atomic mass is 19.1. The lowest BCUT2D eigenvalue weighted by Gasteiger charge is -2.16. The molecule has 25 heavy (non-hydrogen) atoms. The third kappa shape index (κ3) is 2.77. The van der Waals surface area contributed by atoms with Gasteiger partial charge in [0.25, 0.3) is 0 Å². The minimum Gasteiger partial charge on any atom is -0.325 e. The molecule has 0 saturated heterocycles. The molecular weight excluding hydrogens is 321 g/mol. The molecule has 1 aliphatic carbocycles. The SMILES string of the molecule is Cc1cc(NC(=O)C2(c3ccc(F)cc3)CC2)ccc1-n1cnnn1. The smallest absolute Gasteiger partial charge is 0.235 e. The largest absolute Gasteiger partial charge is 0.325 e. The fourth-order valence-corrected chi connectivity index (χ4v) is 3.05. The summed E-state index contributed by atoms with van der Waals surface area (Å²) in [6.45, 7) is 1.93. The molecule has 0 unspecified atom stereocenters. The van der Waals surface area contributed by atoms with Crippen molar-refractivity contribution in [1.29, 1.82) is 0 Å². The summed E-state index contributed by atoms with van der Waals surface area (Å²) in [6, 6.07) is 11.7. The molecule has 126 valence electrons. The number of halogens is 1. The number of amides is 1. The lowest BCUT2D eigenvalue weighted by molar-refractivity contribution is -0.118. The van der Waals surface area contributed by atoms with Crippen molar-refractivity contribution < 1.29 is 9.18 Å². The summed E-state index contributed by atoms with van der Waals surface area (Å²) in [6.07, 6.45) is 3.06. The van der Waals surface area contributed by atoms with Gasteiger partial charge in [-0.25, -0.2) is 9.07 Å². The van der Waals surface area contributed by atoms with Crippen LogP contribution in [0.2, 0.25) is 0 Å². The summed E-state index contributed by atoms with van der Waals surface area (Å²) >= 11 is 0. The molecule has 3 aromatic rings.